The minimum atomic E-state index is 0.380. The molecule has 0 heterocycles. The number of nitrogens with one attached hydrogen (secondary N) is 1. The van der Waals surface area contributed by atoms with Gasteiger partial charge in [-0.3, -0.25) is 0 Å². The van der Waals surface area contributed by atoms with E-state index in [1.807, 2.05) is 6.92 Å². The number of hydrogen-bond acceptors (Lipinski definition) is 3. The third-order valence-electron chi connectivity index (χ3n) is 2.33. The second-order valence-electron chi connectivity index (χ2n) is 4.61. The highest BCUT2D eigenvalue weighted by Gasteiger charge is 2.04. The average molecular weight is 231 g/mol. The van der Waals surface area contributed by atoms with Crippen molar-refractivity contribution < 1.29 is 9.47 Å². The van der Waals surface area contributed by atoms with Crippen LogP contribution in [0.5, 0.6) is 0 Å². The van der Waals surface area contributed by atoms with E-state index in [2.05, 4.69) is 26.1 Å². The molecule has 98 valence electrons. The Morgan fingerprint density at radius 2 is 1.81 bits per heavy atom. The zero-order valence-electron chi connectivity index (χ0n) is 11.4. The fourth-order valence-corrected chi connectivity index (χ4v) is 1.63. The largest absolute Gasteiger partial charge is 0.382 e. The molecule has 0 amide bonds. The molecular weight excluding hydrogens is 202 g/mol. The van der Waals surface area contributed by atoms with Gasteiger partial charge in [0.15, 0.2) is 0 Å². The molecule has 1 N–H and O–H groups in total. The summed E-state index contributed by atoms with van der Waals surface area (Å²) in [5.74, 6) is 0.717. The van der Waals surface area contributed by atoms with Crippen LogP contribution in [0.15, 0.2) is 0 Å². The maximum absolute atomic E-state index is 5.69. The monoisotopic (exact) mass is 231 g/mol. The summed E-state index contributed by atoms with van der Waals surface area (Å²) < 4.78 is 10.9. The zero-order valence-corrected chi connectivity index (χ0v) is 11.4. The first-order valence-electron chi connectivity index (χ1n) is 6.56. The molecule has 0 rings (SSSR count). The van der Waals surface area contributed by atoms with Crippen LogP contribution in [-0.4, -0.2) is 39.0 Å². The molecule has 0 fully saturated rings. The van der Waals surface area contributed by atoms with Crippen molar-refractivity contribution in [3.8, 4) is 0 Å². The Hall–Kier alpha value is -0.120. The molecule has 0 aliphatic heterocycles. The summed E-state index contributed by atoms with van der Waals surface area (Å²) in [6.45, 7) is 13.1. The van der Waals surface area contributed by atoms with Crippen molar-refractivity contribution in [2.75, 3.05) is 32.9 Å². The van der Waals surface area contributed by atoms with Crippen molar-refractivity contribution >= 4 is 0 Å². The molecule has 0 aliphatic carbocycles. The van der Waals surface area contributed by atoms with E-state index in [0.29, 0.717) is 12.0 Å². The van der Waals surface area contributed by atoms with Crippen molar-refractivity contribution in [1.82, 2.24) is 5.32 Å². The lowest BCUT2D eigenvalue weighted by Crippen LogP contribution is -2.24. The van der Waals surface area contributed by atoms with Gasteiger partial charge in [-0.15, -0.1) is 0 Å². The molecule has 1 atom stereocenters. The molecule has 0 radical (unpaired) electrons. The zero-order chi connectivity index (χ0) is 12.2. The van der Waals surface area contributed by atoms with Crippen LogP contribution in [0.25, 0.3) is 0 Å². The molecule has 0 aliphatic rings. The molecule has 0 spiro atoms. The Kier molecular flexibility index (Phi) is 11.3. The van der Waals surface area contributed by atoms with Gasteiger partial charge in [0.05, 0.1) is 12.7 Å². The van der Waals surface area contributed by atoms with E-state index in [1.165, 1.54) is 0 Å². The van der Waals surface area contributed by atoms with Gasteiger partial charge < -0.3 is 14.8 Å². The lowest BCUT2D eigenvalue weighted by atomic mass is 10.1. The van der Waals surface area contributed by atoms with E-state index in [1.54, 1.807) is 0 Å². The van der Waals surface area contributed by atoms with Gasteiger partial charge in [0.25, 0.3) is 0 Å². The molecular formula is C13H29NO2. The molecule has 3 nitrogen and oxygen atoms in total. The van der Waals surface area contributed by atoms with Gasteiger partial charge in [-0.1, -0.05) is 13.8 Å². The van der Waals surface area contributed by atoms with Crippen molar-refractivity contribution in [3.63, 3.8) is 0 Å². The molecule has 0 aromatic carbocycles. The average Bonchev–Trinajstić information content (AvgIpc) is 2.21. The fourth-order valence-electron chi connectivity index (χ4n) is 1.63. The highest BCUT2D eigenvalue weighted by molar-refractivity contribution is 4.55. The highest BCUT2D eigenvalue weighted by atomic mass is 16.5. The van der Waals surface area contributed by atoms with Crippen LogP contribution < -0.4 is 5.32 Å². The summed E-state index contributed by atoms with van der Waals surface area (Å²) in [6, 6.07) is 0. The Morgan fingerprint density at radius 3 is 2.44 bits per heavy atom. The lowest BCUT2D eigenvalue weighted by Gasteiger charge is -2.15. The van der Waals surface area contributed by atoms with Crippen LogP contribution in [0.1, 0.15) is 40.5 Å². The quantitative estimate of drug-likeness (QED) is 0.554. The van der Waals surface area contributed by atoms with E-state index in [0.717, 1.165) is 45.8 Å². The Balaban J connectivity index is 3.08. The van der Waals surface area contributed by atoms with Gasteiger partial charge >= 0.3 is 0 Å². The van der Waals surface area contributed by atoms with Gasteiger partial charge in [-0.05, 0) is 39.2 Å². The topological polar surface area (TPSA) is 30.5 Å². The standard InChI is InChI=1S/C13H29NO2/c1-5-15-9-6-7-14-8-10-16-13(4)11-12(2)3/h12-14H,5-11H2,1-4H3. The predicted molar refractivity (Wildman–Crippen MR) is 68.8 cm³/mol. The molecule has 16 heavy (non-hydrogen) atoms. The lowest BCUT2D eigenvalue weighted by molar-refractivity contribution is 0.0536. The predicted octanol–water partition coefficient (Wildman–Crippen LogP) is 2.45. The van der Waals surface area contributed by atoms with Gasteiger partial charge in [-0.25, -0.2) is 0 Å². The molecule has 3 heteroatoms. The summed E-state index contributed by atoms with van der Waals surface area (Å²) in [5.41, 5.74) is 0. The minimum Gasteiger partial charge on any atom is -0.382 e. The van der Waals surface area contributed by atoms with Crippen LogP contribution in [0, 0.1) is 5.92 Å². The Bertz CT molecular complexity index is 140. The number of hydrogen-bond donors (Lipinski definition) is 1. The normalized spacial score (nSPS) is 13.3. The van der Waals surface area contributed by atoms with E-state index in [4.69, 9.17) is 9.47 Å². The first kappa shape index (κ1) is 15.9. The first-order chi connectivity index (χ1) is 7.66. The van der Waals surface area contributed by atoms with Crippen molar-refractivity contribution in [2.24, 2.45) is 5.92 Å². The summed E-state index contributed by atoms with van der Waals surface area (Å²) in [5, 5.41) is 3.35. The van der Waals surface area contributed by atoms with E-state index >= 15 is 0 Å². The van der Waals surface area contributed by atoms with Crippen molar-refractivity contribution in [3.05, 3.63) is 0 Å². The molecule has 0 aromatic rings. The summed E-state index contributed by atoms with van der Waals surface area (Å²) in [7, 11) is 0. The third kappa shape index (κ3) is 12.0. The summed E-state index contributed by atoms with van der Waals surface area (Å²) in [4.78, 5) is 0. The van der Waals surface area contributed by atoms with Crippen molar-refractivity contribution in [1.29, 1.82) is 0 Å². The Labute approximate surface area is 101 Å². The SMILES string of the molecule is CCOCCCNCCOC(C)CC(C)C. The van der Waals surface area contributed by atoms with Crippen LogP contribution >= 0.6 is 0 Å². The molecule has 0 bridgehead atoms. The van der Waals surface area contributed by atoms with E-state index in [9.17, 15) is 0 Å². The molecule has 0 saturated carbocycles. The van der Waals surface area contributed by atoms with Crippen molar-refractivity contribution in [2.45, 2.75) is 46.6 Å². The van der Waals surface area contributed by atoms with Gasteiger partial charge in [-0.2, -0.15) is 0 Å². The summed E-state index contributed by atoms with van der Waals surface area (Å²) in [6.07, 6.45) is 2.60. The van der Waals surface area contributed by atoms with Crippen LogP contribution in [0.4, 0.5) is 0 Å². The van der Waals surface area contributed by atoms with Gasteiger partial charge in [0.1, 0.15) is 0 Å². The maximum atomic E-state index is 5.69. The number of ether oxygens (including phenoxy) is 2. The van der Waals surface area contributed by atoms with E-state index in [-0.39, 0.29) is 0 Å². The van der Waals surface area contributed by atoms with E-state index < -0.39 is 0 Å². The van der Waals surface area contributed by atoms with Crippen LogP contribution in [-0.2, 0) is 9.47 Å². The highest BCUT2D eigenvalue weighted by Crippen LogP contribution is 2.06. The fraction of sp³-hybridized carbons (Fsp3) is 1.00. The van der Waals surface area contributed by atoms with Crippen LogP contribution in [0.3, 0.4) is 0 Å². The number of rotatable bonds is 11. The molecule has 0 aromatic heterocycles. The second-order valence-corrected chi connectivity index (χ2v) is 4.61. The molecule has 0 saturated heterocycles. The van der Waals surface area contributed by atoms with Crippen LogP contribution in [0.2, 0.25) is 0 Å². The first-order valence-corrected chi connectivity index (χ1v) is 6.56. The second kappa shape index (κ2) is 11.4. The minimum absolute atomic E-state index is 0.380. The van der Waals surface area contributed by atoms with Gasteiger partial charge in [0.2, 0.25) is 0 Å². The summed E-state index contributed by atoms with van der Waals surface area (Å²) >= 11 is 0. The maximum Gasteiger partial charge on any atom is 0.0594 e. The smallest absolute Gasteiger partial charge is 0.0594 e. The third-order valence-corrected chi connectivity index (χ3v) is 2.33. The van der Waals surface area contributed by atoms with Gasteiger partial charge in [0, 0.05) is 19.8 Å². The Morgan fingerprint density at radius 1 is 1.06 bits per heavy atom. The molecule has 1 unspecified atom stereocenters.